The minimum absolute atomic E-state index is 0.0248. The number of thioether (sulfide) groups is 1. The summed E-state index contributed by atoms with van der Waals surface area (Å²) in [6.45, 7) is 0. The van der Waals surface area contributed by atoms with E-state index in [0.29, 0.717) is 12.5 Å². The molecule has 0 radical (unpaired) electrons. The van der Waals surface area contributed by atoms with Crippen molar-refractivity contribution >= 4 is 23.6 Å². The number of carboxylic acid groups (broad SMARTS) is 1. The zero-order chi connectivity index (χ0) is 14.5. The quantitative estimate of drug-likeness (QED) is 0.836. The van der Waals surface area contributed by atoms with E-state index in [1.54, 1.807) is 11.9 Å². The van der Waals surface area contributed by atoms with Crippen molar-refractivity contribution in [3.05, 3.63) is 35.9 Å². The molecule has 1 N–H and O–H groups in total. The third-order valence-electron chi connectivity index (χ3n) is 3.44. The maximum Gasteiger partial charge on any atom is 0.316 e. The zero-order valence-electron chi connectivity index (χ0n) is 11.5. The van der Waals surface area contributed by atoms with E-state index in [1.807, 2.05) is 30.3 Å². The highest BCUT2D eigenvalue weighted by molar-refractivity contribution is 8.01. The fourth-order valence-electron chi connectivity index (χ4n) is 1.98. The van der Waals surface area contributed by atoms with Crippen LogP contribution in [0.15, 0.2) is 30.3 Å². The molecule has 1 fully saturated rings. The molecule has 1 saturated carbocycles. The number of amides is 1. The van der Waals surface area contributed by atoms with Gasteiger partial charge in [-0.05, 0) is 24.8 Å². The highest BCUT2D eigenvalue weighted by Crippen LogP contribution is 2.26. The minimum atomic E-state index is -0.860. The molecule has 1 aromatic carbocycles. The van der Waals surface area contributed by atoms with E-state index < -0.39 is 11.2 Å². The summed E-state index contributed by atoms with van der Waals surface area (Å²) in [5.74, 6) is -0.603. The molecule has 1 unspecified atom stereocenters. The number of carboxylic acids is 1. The van der Waals surface area contributed by atoms with Crippen LogP contribution >= 0.6 is 11.8 Å². The van der Waals surface area contributed by atoms with Crippen LogP contribution in [0.3, 0.4) is 0 Å². The van der Waals surface area contributed by atoms with Gasteiger partial charge in [-0.1, -0.05) is 30.3 Å². The van der Waals surface area contributed by atoms with E-state index in [0.717, 1.165) is 18.4 Å². The van der Waals surface area contributed by atoms with Gasteiger partial charge in [0.05, 0.1) is 5.75 Å². The molecule has 0 heterocycles. The predicted octanol–water partition coefficient (Wildman–Crippen LogP) is 2.04. The van der Waals surface area contributed by atoms with Crippen molar-refractivity contribution in [2.45, 2.75) is 30.6 Å². The number of rotatable bonds is 7. The van der Waals surface area contributed by atoms with Gasteiger partial charge in [0.1, 0.15) is 5.25 Å². The minimum Gasteiger partial charge on any atom is -0.480 e. The topological polar surface area (TPSA) is 57.6 Å². The Hall–Kier alpha value is -1.49. The van der Waals surface area contributed by atoms with Crippen LogP contribution in [0.25, 0.3) is 0 Å². The molecule has 0 bridgehead atoms. The molecule has 5 heteroatoms. The van der Waals surface area contributed by atoms with Gasteiger partial charge in [0.25, 0.3) is 0 Å². The molecule has 1 atom stereocenters. The molecule has 108 valence electrons. The standard InChI is InChI=1S/C15H19NO3S/c1-16(12-7-8-12)14(17)10-20-13(15(18)19)9-11-5-3-2-4-6-11/h2-6,12-13H,7-10H2,1H3,(H,18,19). The number of carbonyl (C=O) groups excluding carboxylic acids is 1. The monoisotopic (exact) mass is 293 g/mol. The number of hydrogen-bond acceptors (Lipinski definition) is 3. The lowest BCUT2D eigenvalue weighted by molar-refractivity contribution is -0.136. The van der Waals surface area contributed by atoms with E-state index in [9.17, 15) is 14.7 Å². The maximum absolute atomic E-state index is 11.9. The Kier molecular flexibility index (Phi) is 5.06. The molecule has 4 nitrogen and oxygen atoms in total. The molecule has 1 aliphatic rings. The highest BCUT2D eigenvalue weighted by Gasteiger charge is 2.30. The highest BCUT2D eigenvalue weighted by atomic mass is 32.2. The Morgan fingerprint density at radius 1 is 1.35 bits per heavy atom. The van der Waals surface area contributed by atoms with Gasteiger partial charge in [0, 0.05) is 13.1 Å². The first kappa shape index (κ1) is 14.9. The lowest BCUT2D eigenvalue weighted by atomic mass is 10.1. The van der Waals surface area contributed by atoms with Crippen LogP contribution in [0.4, 0.5) is 0 Å². The Morgan fingerprint density at radius 2 is 2.00 bits per heavy atom. The van der Waals surface area contributed by atoms with Gasteiger partial charge >= 0.3 is 5.97 Å². The van der Waals surface area contributed by atoms with Gasteiger partial charge in [0.15, 0.2) is 0 Å². The summed E-state index contributed by atoms with van der Waals surface area (Å²) in [5.41, 5.74) is 0.982. The van der Waals surface area contributed by atoms with Gasteiger partial charge in [0.2, 0.25) is 5.91 Å². The average Bonchev–Trinajstić information content (AvgIpc) is 3.27. The van der Waals surface area contributed by atoms with Crippen LogP contribution < -0.4 is 0 Å². The van der Waals surface area contributed by atoms with Crippen molar-refractivity contribution in [2.24, 2.45) is 0 Å². The zero-order valence-corrected chi connectivity index (χ0v) is 12.3. The second-order valence-electron chi connectivity index (χ2n) is 5.06. The third-order valence-corrected chi connectivity index (χ3v) is 4.62. The van der Waals surface area contributed by atoms with E-state index in [-0.39, 0.29) is 11.7 Å². The molecular formula is C15H19NO3S. The van der Waals surface area contributed by atoms with Crippen molar-refractivity contribution in [1.82, 2.24) is 4.90 Å². The molecular weight excluding hydrogens is 274 g/mol. The fourth-order valence-corrected chi connectivity index (χ4v) is 2.99. The lowest BCUT2D eigenvalue weighted by Crippen LogP contribution is -2.32. The van der Waals surface area contributed by atoms with Crippen molar-refractivity contribution < 1.29 is 14.7 Å². The van der Waals surface area contributed by atoms with Gasteiger partial charge in [-0.2, -0.15) is 0 Å². The van der Waals surface area contributed by atoms with Crippen molar-refractivity contribution in [2.75, 3.05) is 12.8 Å². The summed E-state index contributed by atoms with van der Waals surface area (Å²) < 4.78 is 0. The number of aliphatic carboxylic acids is 1. The first-order valence-electron chi connectivity index (χ1n) is 6.72. The average molecular weight is 293 g/mol. The first-order valence-corrected chi connectivity index (χ1v) is 7.77. The summed E-state index contributed by atoms with van der Waals surface area (Å²) in [6, 6.07) is 9.89. The maximum atomic E-state index is 11.9. The molecule has 1 aliphatic carbocycles. The summed E-state index contributed by atoms with van der Waals surface area (Å²) in [7, 11) is 1.80. The van der Waals surface area contributed by atoms with Gasteiger partial charge < -0.3 is 10.0 Å². The fraction of sp³-hybridized carbons (Fsp3) is 0.467. The number of benzene rings is 1. The Balaban J connectivity index is 1.86. The Bertz CT molecular complexity index is 473. The Morgan fingerprint density at radius 3 is 2.55 bits per heavy atom. The molecule has 0 aliphatic heterocycles. The molecule has 2 rings (SSSR count). The first-order chi connectivity index (χ1) is 9.58. The van der Waals surface area contributed by atoms with Gasteiger partial charge in [-0.25, -0.2) is 0 Å². The summed E-state index contributed by atoms with van der Waals surface area (Å²) in [6.07, 6.45) is 2.58. The molecule has 1 amide bonds. The van der Waals surface area contributed by atoms with E-state index >= 15 is 0 Å². The van der Waals surface area contributed by atoms with Crippen molar-refractivity contribution in [3.63, 3.8) is 0 Å². The van der Waals surface area contributed by atoms with Gasteiger partial charge in [-0.15, -0.1) is 11.8 Å². The van der Waals surface area contributed by atoms with E-state index in [4.69, 9.17) is 0 Å². The van der Waals surface area contributed by atoms with Crippen LogP contribution in [0.2, 0.25) is 0 Å². The molecule has 0 aromatic heterocycles. The number of nitrogens with zero attached hydrogens (tertiary/aromatic N) is 1. The number of carbonyl (C=O) groups is 2. The molecule has 1 aromatic rings. The van der Waals surface area contributed by atoms with Crippen LogP contribution in [-0.2, 0) is 16.0 Å². The third kappa shape index (κ3) is 4.27. The van der Waals surface area contributed by atoms with Crippen LogP contribution in [0.5, 0.6) is 0 Å². The van der Waals surface area contributed by atoms with Crippen LogP contribution in [0.1, 0.15) is 18.4 Å². The van der Waals surface area contributed by atoms with Crippen LogP contribution in [0, 0.1) is 0 Å². The Labute approximate surface area is 123 Å². The smallest absolute Gasteiger partial charge is 0.316 e. The summed E-state index contributed by atoms with van der Waals surface area (Å²) in [5, 5.41) is 8.69. The normalized spacial score (nSPS) is 15.7. The molecule has 0 saturated heterocycles. The van der Waals surface area contributed by atoms with E-state index in [2.05, 4.69) is 0 Å². The predicted molar refractivity (Wildman–Crippen MR) is 79.8 cm³/mol. The van der Waals surface area contributed by atoms with Crippen molar-refractivity contribution in [3.8, 4) is 0 Å². The molecule has 0 spiro atoms. The SMILES string of the molecule is CN(C(=O)CSC(Cc1ccccc1)C(=O)O)C1CC1. The van der Waals surface area contributed by atoms with Crippen molar-refractivity contribution in [1.29, 1.82) is 0 Å². The summed E-state index contributed by atoms with van der Waals surface area (Å²) >= 11 is 1.22. The second-order valence-corrected chi connectivity index (χ2v) is 6.25. The molecule has 20 heavy (non-hydrogen) atoms. The lowest BCUT2D eigenvalue weighted by Gasteiger charge is -2.17. The number of hydrogen-bond donors (Lipinski definition) is 1. The van der Waals surface area contributed by atoms with Gasteiger partial charge in [-0.3, -0.25) is 9.59 Å². The second kappa shape index (κ2) is 6.79. The summed E-state index contributed by atoms with van der Waals surface area (Å²) in [4.78, 5) is 24.9. The largest absolute Gasteiger partial charge is 0.480 e. The van der Waals surface area contributed by atoms with Crippen LogP contribution in [-0.4, -0.2) is 46.0 Å². The van der Waals surface area contributed by atoms with E-state index in [1.165, 1.54) is 11.8 Å².